The summed E-state index contributed by atoms with van der Waals surface area (Å²) in [6.45, 7) is 11.7. The van der Waals surface area contributed by atoms with E-state index in [0.717, 1.165) is 42.7 Å². The lowest BCUT2D eigenvalue weighted by Crippen LogP contribution is -2.35. The molecule has 1 aliphatic heterocycles. The second-order valence-electron chi connectivity index (χ2n) is 10.0. The second kappa shape index (κ2) is 10.4. The highest BCUT2D eigenvalue weighted by Gasteiger charge is 2.39. The molecule has 0 spiro atoms. The fraction of sp³-hybridized carbons (Fsp3) is 0.519. The molecule has 2 aromatic rings. The molecule has 6 heteroatoms. The van der Waals surface area contributed by atoms with Crippen LogP contribution in [-0.4, -0.2) is 30.3 Å². The zero-order valence-electron chi connectivity index (χ0n) is 20.4. The molecule has 0 saturated carbocycles. The van der Waals surface area contributed by atoms with Crippen LogP contribution in [0.1, 0.15) is 64.2 Å². The molecule has 1 atom stereocenters. The summed E-state index contributed by atoms with van der Waals surface area (Å²) in [5.74, 6) is 1.10. The van der Waals surface area contributed by atoms with E-state index in [0.29, 0.717) is 25.4 Å². The lowest BCUT2D eigenvalue weighted by molar-refractivity contribution is -0.124. The minimum atomic E-state index is -1.35. The molecule has 3 rings (SSSR count). The first kappa shape index (κ1) is 24.7. The molecule has 0 aromatic heterocycles. The number of rotatable bonds is 10. The van der Waals surface area contributed by atoms with Crippen LogP contribution in [0.4, 0.5) is 4.79 Å². The van der Waals surface area contributed by atoms with Crippen molar-refractivity contribution in [2.75, 3.05) is 13.2 Å². The number of hydrogen-bond acceptors (Lipinski definition) is 5. The van der Waals surface area contributed by atoms with Crippen molar-refractivity contribution in [2.45, 2.75) is 72.5 Å². The van der Waals surface area contributed by atoms with Crippen LogP contribution < -0.4 is 14.2 Å². The first-order valence-corrected chi connectivity index (χ1v) is 11.7. The van der Waals surface area contributed by atoms with E-state index in [1.165, 1.54) is 11.1 Å². The molecule has 0 amide bonds. The van der Waals surface area contributed by atoms with Crippen LogP contribution in [0.2, 0.25) is 0 Å². The molecule has 1 N–H and O–H groups in total. The van der Waals surface area contributed by atoms with Crippen LogP contribution in [0.3, 0.4) is 0 Å². The predicted octanol–water partition coefficient (Wildman–Crippen LogP) is 6.42. The Labute approximate surface area is 196 Å². The number of carboxylic acid groups (broad SMARTS) is 1. The van der Waals surface area contributed by atoms with E-state index in [9.17, 15) is 4.79 Å². The Kier molecular flexibility index (Phi) is 7.77. The second-order valence-corrected chi connectivity index (χ2v) is 10.0. The van der Waals surface area contributed by atoms with Crippen molar-refractivity contribution < 1.29 is 28.8 Å². The first-order chi connectivity index (χ1) is 15.6. The summed E-state index contributed by atoms with van der Waals surface area (Å²) in [5, 5.41) is 8.89. The fourth-order valence-electron chi connectivity index (χ4n) is 4.13. The van der Waals surface area contributed by atoms with E-state index in [1.807, 2.05) is 12.1 Å². The lowest BCUT2D eigenvalue weighted by atomic mass is 9.87. The molecule has 0 aliphatic carbocycles. The van der Waals surface area contributed by atoms with Crippen LogP contribution in [0.25, 0.3) is 0 Å². The number of carbonyl (C=O) groups is 1. The Hall–Kier alpha value is -2.89. The number of hydrogen-bond donors (Lipinski definition) is 1. The fourth-order valence-corrected chi connectivity index (χ4v) is 4.13. The highest BCUT2D eigenvalue weighted by Crippen LogP contribution is 2.38. The van der Waals surface area contributed by atoms with Crippen LogP contribution >= 0.6 is 0 Å². The lowest BCUT2D eigenvalue weighted by Gasteiger charge is -2.21. The van der Waals surface area contributed by atoms with Gasteiger partial charge in [0.15, 0.2) is 0 Å². The van der Waals surface area contributed by atoms with Crippen LogP contribution in [-0.2, 0) is 24.0 Å². The van der Waals surface area contributed by atoms with Gasteiger partial charge in [-0.05, 0) is 53.6 Å². The molecule has 180 valence electrons. The van der Waals surface area contributed by atoms with E-state index < -0.39 is 11.9 Å². The molecule has 1 heterocycles. The molecule has 6 nitrogen and oxygen atoms in total. The largest absolute Gasteiger partial charge is 0.509 e. The number of fused-ring (bicyclic) bond motifs is 1. The van der Waals surface area contributed by atoms with E-state index in [-0.39, 0.29) is 5.41 Å². The van der Waals surface area contributed by atoms with Crippen molar-refractivity contribution in [1.82, 2.24) is 0 Å². The third-order valence-electron chi connectivity index (χ3n) is 5.37. The third-order valence-corrected chi connectivity index (χ3v) is 5.37. The summed E-state index contributed by atoms with van der Waals surface area (Å²) in [6.07, 6.45) is 2.88. The van der Waals surface area contributed by atoms with Crippen LogP contribution in [0.5, 0.6) is 17.2 Å². The van der Waals surface area contributed by atoms with Gasteiger partial charge in [-0.2, -0.15) is 0 Å². The van der Waals surface area contributed by atoms with Crippen molar-refractivity contribution >= 4 is 6.16 Å². The van der Waals surface area contributed by atoms with Gasteiger partial charge in [0.05, 0.1) is 19.6 Å². The van der Waals surface area contributed by atoms with E-state index in [2.05, 4.69) is 45.9 Å². The topological polar surface area (TPSA) is 74.2 Å². The number of ether oxygens (including phenoxy) is 4. The molecule has 0 radical (unpaired) electrons. The van der Waals surface area contributed by atoms with E-state index in [4.69, 9.17) is 24.1 Å². The van der Waals surface area contributed by atoms with E-state index in [1.54, 1.807) is 13.0 Å². The molecule has 33 heavy (non-hydrogen) atoms. The van der Waals surface area contributed by atoms with Gasteiger partial charge >= 0.3 is 6.16 Å². The maximum atomic E-state index is 10.9. The zero-order chi connectivity index (χ0) is 24.1. The molecule has 0 saturated heterocycles. The molecule has 1 unspecified atom stereocenters. The highest BCUT2D eigenvalue weighted by molar-refractivity contribution is 5.58. The maximum Gasteiger partial charge on any atom is 0.509 e. The summed E-state index contributed by atoms with van der Waals surface area (Å²) < 4.78 is 22.5. The molecular weight excluding hydrogens is 420 g/mol. The van der Waals surface area contributed by atoms with Crippen LogP contribution in [0, 0.1) is 5.41 Å². The Bertz CT molecular complexity index is 962. The van der Waals surface area contributed by atoms with Crippen molar-refractivity contribution in [2.24, 2.45) is 5.41 Å². The quantitative estimate of drug-likeness (QED) is 0.328. The third kappa shape index (κ3) is 7.31. The maximum absolute atomic E-state index is 10.9. The Morgan fingerprint density at radius 3 is 2.58 bits per heavy atom. The smallest absolute Gasteiger partial charge is 0.493 e. The highest BCUT2D eigenvalue weighted by atomic mass is 16.8. The van der Waals surface area contributed by atoms with Crippen molar-refractivity contribution in [3.63, 3.8) is 0 Å². The average molecular weight is 457 g/mol. The summed E-state index contributed by atoms with van der Waals surface area (Å²) in [6, 6.07) is 12.0. The van der Waals surface area contributed by atoms with Gasteiger partial charge in [0.1, 0.15) is 17.2 Å². The van der Waals surface area contributed by atoms with Crippen molar-refractivity contribution in [3.05, 3.63) is 53.1 Å². The van der Waals surface area contributed by atoms with Gasteiger partial charge in [-0.25, -0.2) is 4.79 Å². The Morgan fingerprint density at radius 2 is 1.88 bits per heavy atom. The normalized spacial score (nSPS) is 17.2. The van der Waals surface area contributed by atoms with Gasteiger partial charge in [0.25, 0.3) is 5.79 Å². The summed E-state index contributed by atoms with van der Waals surface area (Å²) >= 11 is 0. The van der Waals surface area contributed by atoms with Gasteiger partial charge < -0.3 is 24.1 Å². The minimum absolute atomic E-state index is 0.259. The van der Waals surface area contributed by atoms with Crippen molar-refractivity contribution in [1.29, 1.82) is 0 Å². The first-order valence-electron chi connectivity index (χ1n) is 11.7. The Balaban J connectivity index is 1.49. The van der Waals surface area contributed by atoms with Gasteiger partial charge in [-0.15, -0.1) is 0 Å². The monoisotopic (exact) mass is 456 g/mol. The van der Waals surface area contributed by atoms with Gasteiger partial charge in [-0.1, -0.05) is 46.2 Å². The Morgan fingerprint density at radius 1 is 1.12 bits per heavy atom. The number of aryl methyl sites for hydroxylation is 1. The zero-order valence-corrected chi connectivity index (χ0v) is 20.4. The summed E-state index contributed by atoms with van der Waals surface area (Å²) in [4.78, 5) is 10.9. The predicted molar refractivity (Wildman–Crippen MR) is 127 cm³/mol. The molecular formula is C27H36O6. The van der Waals surface area contributed by atoms with Gasteiger partial charge in [0, 0.05) is 18.9 Å². The molecule has 0 fully saturated rings. The van der Waals surface area contributed by atoms with Crippen molar-refractivity contribution in [3.8, 4) is 17.2 Å². The van der Waals surface area contributed by atoms with Gasteiger partial charge in [0.2, 0.25) is 0 Å². The van der Waals surface area contributed by atoms with Crippen LogP contribution in [0.15, 0.2) is 36.4 Å². The molecule has 0 bridgehead atoms. The summed E-state index contributed by atoms with van der Waals surface area (Å²) in [5.41, 5.74) is 3.75. The minimum Gasteiger partial charge on any atom is -0.493 e. The average Bonchev–Trinajstić information content (AvgIpc) is 3.02. The van der Waals surface area contributed by atoms with E-state index >= 15 is 0 Å². The molecule has 2 aromatic carbocycles. The van der Waals surface area contributed by atoms with Gasteiger partial charge in [-0.3, -0.25) is 0 Å². The SMILES string of the molecule is CCCc1cc(CC(C)(C)C)ccc1OCCCOc1ccc2c(c1)CC(C)(OC(=O)O)O2. The standard InChI is InChI=1S/C27H36O6/c1-6-8-20-15-19(17-26(2,3)4)9-11-23(20)31-14-7-13-30-22-10-12-24-21(16-22)18-27(5,32-24)33-25(28)29/h9-12,15-16H,6-8,13-14,17-18H2,1-5H3,(H,28,29). The number of benzene rings is 2. The summed E-state index contributed by atoms with van der Waals surface area (Å²) in [7, 11) is 0. The molecule has 1 aliphatic rings.